The van der Waals surface area contributed by atoms with Gasteiger partial charge in [-0.1, -0.05) is 51.6 Å². The average Bonchev–Trinajstić information content (AvgIpc) is 2.58. The molecule has 0 bridgehead atoms. The molecule has 0 saturated carbocycles. The van der Waals surface area contributed by atoms with Gasteiger partial charge in [0, 0.05) is 16.8 Å². The van der Waals surface area contributed by atoms with Crippen LogP contribution in [0.25, 0.3) is 0 Å². The maximum absolute atomic E-state index is 12.9. The third kappa shape index (κ3) is 6.44. The summed E-state index contributed by atoms with van der Waals surface area (Å²) in [5.41, 5.74) is -1.05. The molecular weight excluding hydrogens is 482 g/mol. The lowest BCUT2D eigenvalue weighted by atomic mass is 9.92. The highest BCUT2D eigenvalue weighted by Gasteiger charge is 2.65. The van der Waals surface area contributed by atoms with Crippen molar-refractivity contribution in [2.24, 2.45) is 5.41 Å². The largest absolute Gasteiger partial charge is 0.416 e. The summed E-state index contributed by atoms with van der Waals surface area (Å²) in [6, 6.07) is 6.89. The number of hydrogen-bond donors (Lipinski definition) is 1. The molecule has 0 heterocycles. The minimum atomic E-state index is -9.76. The Morgan fingerprint density at radius 3 is 1.75 bits per heavy atom. The Kier molecular flexibility index (Phi) is 5.86. The number of rotatable bonds is 7. The first-order valence-corrected chi connectivity index (χ1v) is 13.1. The summed E-state index contributed by atoms with van der Waals surface area (Å²) in [5, 5.41) is 2.80. The summed E-state index contributed by atoms with van der Waals surface area (Å²) in [6.07, 6.45) is -4.47. The smallest absolute Gasteiger partial charge is 0.359 e. The van der Waals surface area contributed by atoms with E-state index in [4.69, 9.17) is 0 Å². The lowest BCUT2D eigenvalue weighted by Crippen LogP contribution is -2.24. The first-order chi connectivity index (χ1) is 14.0. The minimum absolute atomic E-state index is 0.122. The van der Waals surface area contributed by atoms with Gasteiger partial charge in [0.1, 0.15) is 4.90 Å². The van der Waals surface area contributed by atoms with Crippen LogP contribution in [0.4, 0.5) is 38.3 Å². The van der Waals surface area contributed by atoms with Crippen molar-refractivity contribution in [1.82, 2.24) is 0 Å². The highest BCUT2D eigenvalue weighted by Crippen LogP contribution is 3.02. The predicted molar refractivity (Wildman–Crippen MR) is 121 cm³/mol. The van der Waals surface area contributed by atoms with Crippen LogP contribution in [0.3, 0.4) is 0 Å². The van der Waals surface area contributed by atoms with Crippen LogP contribution in [-0.2, 0) is 6.18 Å². The third-order valence-corrected chi connectivity index (χ3v) is 8.44. The van der Waals surface area contributed by atoms with Crippen LogP contribution in [0.1, 0.15) is 19.4 Å². The number of anilines is 1. The Balaban J connectivity index is 2.18. The van der Waals surface area contributed by atoms with Gasteiger partial charge in [-0.05, 0) is 59.2 Å². The van der Waals surface area contributed by atoms with Gasteiger partial charge < -0.3 is 5.32 Å². The van der Waals surface area contributed by atoms with Crippen LogP contribution in [0.5, 0.6) is 0 Å². The molecule has 32 heavy (non-hydrogen) atoms. The highest BCUT2D eigenvalue weighted by atomic mass is 32.5. The predicted octanol–water partition coefficient (Wildman–Crippen LogP) is 9.04. The van der Waals surface area contributed by atoms with E-state index >= 15 is 0 Å². The Morgan fingerprint density at radius 2 is 1.34 bits per heavy atom. The van der Waals surface area contributed by atoms with E-state index in [2.05, 4.69) is 23.6 Å². The molecule has 11 heteroatoms. The van der Waals surface area contributed by atoms with Crippen molar-refractivity contribution in [1.29, 1.82) is 0 Å². The van der Waals surface area contributed by atoms with Crippen LogP contribution < -0.4 is 5.32 Å². The molecule has 1 N–H and O–H groups in total. The van der Waals surface area contributed by atoms with Gasteiger partial charge in [0.15, 0.2) is 0 Å². The van der Waals surface area contributed by atoms with E-state index in [1.54, 1.807) is 13.8 Å². The summed E-state index contributed by atoms with van der Waals surface area (Å²) < 4.78 is 103. The SMILES string of the molecule is C=C(Nc1ccc(S(F)(F)(F)(F)F)cc1)C(C)(C)CS(=C)(=C)c1ccc(C(F)(F)F)cc1. The molecule has 0 amide bonds. The van der Waals surface area contributed by atoms with E-state index in [1.165, 1.54) is 12.1 Å². The number of nitrogens with one attached hydrogen (secondary N) is 1. The number of alkyl halides is 3. The van der Waals surface area contributed by atoms with Crippen molar-refractivity contribution in [3.63, 3.8) is 0 Å². The van der Waals surface area contributed by atoms with E-state index in [9.17, 15) is 32.6 Å². The molecule has 0 aliphatic heterocycles. The summed E-state index contributed by atoms with van der Waals surface area (Å²) in [4.78, 5) is -1.46. The zero-order valence-electron chi connectivity index (χ0n) is 17.3. The van der Waals surface area contributed by atoms with Crippen molar-refractivity contribution >= 4 is 36.9 Å². The number of allylic oxidation sites excluding steroid dienone is 1. The van der Waals surface area contributed by atoms with Gasteiger partial charge in [-0.15, -0.1) is 0 Å². The van der Waals surface area contributed by atoms with Crippen molar-refractivity contribution in [3.05, 3.63) is 66.4 Å². The average molecular weight is 506 g/mol. The van der Waals surface area contributed by atoms with Crippen LogP contribution in [0.15, 0.2) is 70.6 Å². The van der Waals surface area contributed by atoms with Gasteiger partial charge in [-0.2, -0.15) is 22.4 Å². The number of benzene rings is 2. The third-order valence-electron chi connectivity index (χ3n) is 4.73. The second kappa shape index (κ2) is 7.18. The van der Waals surface area contributed by atoms with Crippen LogP contribution in [0, 0.1) is 5.41 Å². The Hall–Kier alpha value is -2.14. The van der Waals surface area contributed by atoms with Crippen molar-refractivity contribution < 1.29 is 32.6 Å². The second-order valence-electron chi connectivity index (χ2n) is 8.19. The maximum atomic E-state index is 12.9. The van der Waals surface area contributed by atoms with Gasteiger partial charge in [0.2, 0.25) is 0 Å². The molecule has 0 radical (unpaired) electrons. The van der Waals surface area contributed by atoms with Gasteiger partial charge >= 0.3 is 16.4 Å². The van der Waals surface area contributed by atoms with Gasteiger partial charge in [0.25, 0.3) is 0 Å². The minimum Gasteiger partial charge on any atom is -0.359 e. The molecular formula is C21H23F8NS2. The molecule has 1 nitrogen and oxygen atoms in total. The molecule has 0 aliphatic rings. The molecule has 0 aromatic heterocycles. The zero-order valence-corrected chi connectivity index (χ0v) is 18.9. The van der Waals surface area contributed by atoms with E-state index in [-0.39, 0.29) is 5.69 Å². The standard InChI is InChI=1S/C21H23F8NS2/c1-15(30-17-8-12-19(13-9-17)32(25,26,27,28)29)20(2,3)14-31(4,5)18-10-6-16(7-11-18)21(22,23)24/h6-13,30H,1,4-5,14H2,2-3H3. The van der Waals surface area contributed by atoms with E-state index in [0.29, 0.717) is 28.5 Å². The molecule has 0 unspecified atom stereocenters. The topological polar surface area (TPSA) is 12.0 Å². The van der Waals surface area contributed by atoms with Gasteiger partial charge in [0.05, 0.1) is 5.56 Å². The number of hydrogen-bond acceptors (Lipinski definition) is 1. The Morgan fingerprint density at radius 1 is 0.875 bits per heavy atom. The molecule has 0 aliphatic carbocycles. The molecule has 2 rings (SSSR count). The van der Waals surface area contributed by atoms with E-state index < -0.39 is 41.5 Å². The molecule has 0 spiro atoms. The second-order valence-corrected chi connectivity index (χ2v) is 13.5. The molecule has 0 atom stereocenters. The summed E-state index contributed by atoms with van der Waals surface area (Å²) in [7, 11) is -11.8. The molecule has 0 saturated heterocycles. The fourth-order valence-electron chi connectivity index (χ4n) is 2.93. The Bertz CT molecular complexity index is 1110. The van der Waals surface area contributed by atoms with Crippen LogP contribution in [-0.4, -0.2) is 17.5 Å². The van der Waals surface area contributed by atoms with Crippen LogP contribution >= 0.6 is 19.4 Å². The van der Waals surface area contributed by atoms with Gasteiger partial charge in [-0.3, -0.25) is 0 Å². The normalized spacial score (nSPS) is 15.6. The lowest BCUT2D eigenvalue weighted by Gasteiger charge is -2.40. The number of halogens is 8. The van der Waals surface area contributed by atoms with Gasteiger partial charge in [-0.25, -0.2) is 0 Å². The fourth-order valence-corrected chi connectivity index (χ4v) is 6.02. The first-order valence-electron chi connectivity index (χ1n) is 8.96. The summed E-state index contributed by atoms with van der Waals surface area (Å²) in [5.74, 6) is 8.45. The first kappa shape index (κ1) is 26.1. The molecule has 0 fully saturated rings. The fraction of sp³-hybridized carbons (Fsp3) is 0.238. The van der Waals surface area contributed by atoms with Crippen molar-refractivity contribution in [2.75, 3.05) is 11.1 Å². The molecule has 180 valence electrons. The molecule has 2 aromatic carbocycles. The summed E-state index contributed by atoms with van der Waals surface area (Å²) >= 11 is 0. The van der Waals surface area contributed by atoms with Crippen molar-refractivity contribution in [2.45, 2.75) is 29.8 Å². The summed E-state index contributed by atoms with van der Waals surface area (Å²) in [6.45, 7) is 7.39. The molecule has 2 aromatic rings. The van der Waals surface area contributed by atoms with E-state index in [0.717, 1.165) is 24.3 Å². The maximum Gasteiger partial charge on any atom is 0.416 e. The zero-order chi connectivity index (χ0) is 24.9. The monoisotopic (exact) mass is 505 g/mol. The highest BCUT2D eigenvalue weighted by molar-refractivity contribution is 8.45. The quantitative estimate of drug-likeness (QED) is 0.292. The lowest BCUT2D eigenvalue weighted by molar-refractivity contribution is -0.137. The van der Waals surface area contributed by atoms with Crippen molar-refractivity contribution in [3.8, 4) is 0 Å². The van der Waals surface area contributed by atoms with Crippen LogP contribution in [0.2, 0.25) is 0 Å². The Labute approximate surface area is 182 Å². The van der Waals surface area contributed by atoms with E-state index in [1.807, 2.05) is 0 Å².